The summed E-state index contributed by atoms with van der Waals surface area (Å²) in [6.45, 7) is 4.78. The van der Waals surface area contributed by atoms with Gasteiger partial charge >= 0.3 is 0 Å². The maximum Gasteiger partial charge on any atom is 0.228 e. The summed E-state index contributed by atoms with van der Waals surface area (Å²) in [6.07, 6.45) is 0.111. The minimum atomic E-state index is -0.255. The van der Waals surface area contributed by atoms with E-state index in [2.05, 4.69) is 21.2 Å². The lowest BCUT2D eigenvalue weighted by Gasteiger charge is -2.14. The lowest BCUT2D eigenvalue weighted by molar-refractivity contribution is -0.115. The fourth-order valence-electron chi connectivity index (χ4n) is 2.31. The number of ether oxygens (including phenoxy) is 2. The molecule has 26 heavy (non-hydrogen) atoms. The topological polar surface area (TPSA) is 71.3 Å². The molecule has 1 N–H and O–H groups in total. The Morgan fingerprint density at radius 3 is 2.46 bits per heavy atom. The Bertz CT molecular complexity index is 849. The van der Waals surface area contributed by atoms with Crippen molar-refractivity contribution in [3.05, 3.63) is 51.0 Å². The molecule has 0 saturated carbocycles. The molecule has 2 aromatic rings. The molecule has 0 atom stereocenters. The van der Waals surface area contributed by atoms with Gasteiger partial charge in [0.2, 0.25) is 5.91 Å². The Labute approximate surface area is 166 Å². The normalized spacial score (nSPS) is 10.1. The number of hydrogen-bond acceptors (Lipinski definition) is 4. The molecule has 0 radical (unpaired) electrons. The number of hydrogen-bond donors (Lipinski definition) is 1. The fraction of sp³-hybridized carbons (Fsp3) is 0.263. The van der Waals surface area contributed by atoms with Crippen LogP contribution in [0.2, 0.25) is 5.02 Å². The summed E-state index contributed by atoms with van der Waals surface area (Å²) in [5, 5.41) is 12.1. The Morgan fingerprint density at radius 2 is 1.85 bits per heavy atom. The van der Waals surface area contributed by atoms with Crippen LogP contribution >= 0.6 is 27.5 Å². The smallest absolute Gasteiger partial charge is 0.228 e. The largest absolute Gasteiger partial charge is 0.490 e. The minimum Gasteiger partial charge on any atom is -0.490 e. The number of carbonyl (C=O) groups excluding carboxylic acids is 1. The van der Waals surface area contributed by atoms with Gasteiger partial charge < -0.3 is 14.8 Å². The van der Waals surface area contributed by atoms with E-state index in [4.69, 9.17) is 26.3 Å². The molecule has 7 heteroatoms. The van der Waals surface area contributed by atoms with Crippen LogP contribution in [0.1, 0.15) is 25.0 Å². The van der Waals surface area contributed by atoms with Crippen molar-refractivity contribution in [2.75, 3.05) is 18.5 Å². The van der Waals surface area contributed by atoms with Crippen molar-refractivity contribution in [2.45, 2.75) is 20.3 Å². The van der Waals surface area contributed by atoms with E-state index in [0.29, 0.717) is 41.0 Å². The fourth-order valence-corrected chi connectivity index (χ4v) is 2.93. The van der Waals surface area contributed by atoms with Crippen molar-refractivity contribution in [2.24, 2.45) is 0 Å². The van der Waals surface area contributed by atoms with Crippen molar-refractivity contribution < 1.29 is 14.3 Å². The number of nitrogens with one attached hydrogen (secondary N) is 1. The van der Waals surface area contributed by atoms with Crippen molar-refractivity contribution in [3.8, 4) is 17.6 Å². The predicted octanol–water partition coefficient (Wildman–Crippen LogP) is 4.95. The molecule has 2 rings (SSSR count). The molecule has 0 saturated heterocycles. The number of benzene rings is 2. The molecule has 0 heterocycles. The number of anilines is 1. The molecular weight excluding hydrogens is 420 g/mol. The van der Waals surface area contributed by atoms with Gasteiger partial charge in [0.15, 0.2) is 11.5 Å². The van der Waals surface area contributed by atoms with Gasteiger partial charge in [0.1, 0.15) is 0 Å². The summed E-state index contributed by atoms with van der Waals surface area (Å²) >= 11 is 9.55. The van der Waals surface area contributed by atoms with E-state index >= 15 is 0 Å². The van der Waals surface area contributed by atoms with Crippen LogP contribution in [0, 0.1) is 11.3 Å². The second kappa shape index (κ2) is 9.46. The van der Waals surface area contributed by atoms with Crippen LogP contribution in [0.4, 0.5) is 5.69 Å². The van der Waals surface area contributed by atoms with Gasteiger partial charge in [-0.25, -0.2) is 0 Å². The third kappa shape index (κ3) is 5.13. The molecule has 2 aromatic carbocycles. The zero-order valence-electron chi connectivity index (χ0n) is 14.4. The van der Waals surface area contributed by atoms with E-state index in [0.717, 1.165) is 10.0 Å². The molecule has 0 aliphatic carbocycles. The van der Waals surface area contributed by atoms with E-state index in [9.17, 15) is 4.79 Å². The molecule has 136 valence electrons. The molecule has 1 amide bonds. The molecule has 0 aliphatic rings. The molecule has 0 aliphatic heterocycles. The van der Waals surface area contributed by atoms with E-state index in [1.807, 2.05) is 19.9 Å². The molecule has 5 nitrogen and oxygen atoms in total. The zero-order valence-corrected chi connectivity index (χ0v) is 16.8. The van der Waals surface area contributed by atoms with Crippen molar-refractivity contribution >= 4 is 39.1 Å². The van der Waals surface area contributed by atoms with Crippen LogP contribution in [-0.2, 0) is 11.2 Å². The van der Waals surface area contributed by atoms with Crippen LogP contribution in [-0.4, -0.2) is 19.1 Å². The van der Waals surface area contributed by atoms with Gasteiger partial charge in [0, 0.05) is 4.47 Å². The third-order valence-electron chi connectivity index (χ3n) is 3.43. The van der Waals surface area contributed by atoms with Crippen molar-refractivity contribution in [1.82, 2.24) is 0 Å². The average Bonchev–Trinajstić information content (AvgIpc) is 2.61. The van der Waals surface area contributed by atoms with E-state index in [1.54, 1.807) is 30.3 Å². The number of carbonyl (C=O) groups is 1. The summed E-state index contributed by atoms with van der Waals surface area (Å²) in [5.74, 6) is 0.953. The summed E-state index contributed by atoms with van der Waals surface area (Å²) in [7, 11) is 0. The van der Waals surface area contributed by atoms with Crippen LogP contribution in [0.25, 0.3) is 0 Å². The molecule has 0 bridgehead atoms. The van der Waals surface area contributed by atoms with Crippen LogP contribution in [0.3, 0.4) is 0 Å². The standard InChI is InChI=1S/C19H18BrClN2O3/c1-3-25-17-8-13(14(20)10-18(17)26-4-2)9-19(24)23-16-7-12(11-22)5-6-15(16)21/h5-8,10H,3-4,9H2,1-2H3,(H,23,24). The lowest BCUT2D eigenvalue weighted by atomic mass is 10.1. The minimum absolute atomic E-state index is 0.111. The van der Waals surface area contributed by atoms with Crippen LogP contribution < -0.4 is 14.8 Å². The van der Waals surface area contributed by atoms with Gasteiger partial charge in [0.05, 0.1) is 42.0 Å². The summed E-state index contributed by atoms with van der Waals surface area (Å²) in [4.78, 5) is 12.4. The average molecular weight is 438 g/mol. The molecular formula is C19H18BrClN2O3. The van der Waals surface area contributed by atoms with Crippen molar-refractivity contribution in [1.29, 1.82) is 5.26 Å². The summed E-state index contributed by atoms with van der Waals surface area (Å²) in [5.41, 5.74) is 1.58. The Hall–Kier alpha value is -2.23. The molecule has 0 unspecified atom stereocenters. The first-order chi connectivity index (χ1) is 12.5. The second-order valence-electron chi connectivity index (χ2n) is 5.29. The maximum atomic E-state index is 12.4. The van der Waals surface area contributed by atoms with Crippen LogP contribution in [0.15, 0.2) is 34.8 Å². The van der Waals surface area contributed by atoms with Gasteiger partial charge in [0.25, 0.3) is 0 Å². The zero-order chi connectivity index (χ0) is 19.1. The van der Waals surface area contributed by atoms with Crippen LogP contribution in [0.5, 0.6) is 11.5 Å². The number of amides is 1. The van der Waals surface area contributed by atoms with Crippen molar-refractivity contribution in [3.63, 3.8) is 0 Å². The highest BCUT2D eigenvalue weighted by molar-refractivity contribution is 9.10. The quantitative estimate of drug-likeness (QED) is 0.665. The SMILES string of the molecule is CCOc1cc(Br)c(CC(=O)Nc2cc(C#N)ccc2Cl)cc1OCC. The van der Waals surface area contributed by atoms with E-state index < -0.39 is 0 Å². The first-order valence-corrected chi connectivity index (χ1v) is 9.23. The Balaban J connectivity index is 2.21. The monoisotopic (exact) mass is 436 g/mol. The third-order valence-corrected chi connectivity index (χ3v) is 4.50. The number of nitriles is 1. The highest BCUT2D eigenvalue weighted by Gasteiger charge is 2.14. The second-order valence-corrected chi connectivity index (χ2v) is 6.55. The summed E-state index contributed by atoms with van der Waals surface area (Å²) in [6, 6.07) is 10.3. The highest BCUT2D eigenvalue weighted by Crippen LogP contribution is 2.34. The van der Waals surface area contributed by atoms with Gasteiger partial charge in [-0.3, -0.25) is 4.79 Å². The highest BCUT2D eigenvalue weighted by atomic mass is 79.9. The maximum absolute atomic E-state index is 12.4. The number of halogens is 2. The van der Waals surface area contributed by atoms with E-state index in [-0.39, 0.29) is 12.3 Å². The van der Waals surface area contributed by atoms with Gasteiger partial charge in [-0.15, -0.1) is 0 Å². The summed E-state index contributed by atoms with van der Waals surface area (Å²) < 4.78 is 11.9. The first kappa shape index (κ1) is 20.1. The molecule has 0 aromatic heterocycles. The predicted molar refractivity (Wildman–Crippen MR) is 105 cm³/mol. The number of rotatable bonds is 7. The van der Waals surface area contributed by atoms with E-state index in [1.165, 1.54) is 0 Å². The Kier molecular flexibility index (Phi) is 7.31. The molecule has 0 spiro atoms. The molecule has 0 fully saturated rings. The van der Waals surface area contributed by atoms with Gasteiger partial charge in [-0.2, -0.15) is 5.26 Å². The number of nitrogens with zero attached hydrogens (tertiary/aromatic N) is 1. The lowest BCUT2D eigenvalue weighted by Crippen LogP contribution is -2.15. The Morgan fingerprint density at radius 1 is 1.19 bits per heavy atom. The van der Waals surface area contributed by atoms with Gasteiger partial charge in [-0.1, -0.05) is 27.5 Å². The first-order valence-electron chi connectivity index (χ1n) is 8.06. The van der Waals surface area contributed by atoms with Gasteiger partial charge in [-0.05, 0) is 49.7 Å².